The molecule has 0 aliphatic carbocycles. The van der Waals surface area contributed by atoms with E-state index in [-0.39, 0.29) is 0 Å². The van der Waals surface area contributed by atoms with Crippen LogP contribution in [0.5, 0.6) is 0 Å². The predicted octanol–water partition coefficient (Wildman–Crippen LogP) is 4.13. The summed E-state index contributed by atoms with van der Waals surface area (Å²) in [6, 6.07) is 3.50. The minimum Gasteiger partial charge on any atom is -0.385 e. The van der Waals surface area contributed by atoms with Gasteiger partial charge in [-0.3, -0.25) is 0 Å². The topological polar surface area (TPSA) is 15.3 Å². The van der Waals surface area contributed by atoms with Gasteiger partial charge in [-0.05, 0) is 51.1 Å². The van der Waals surface area contributed by atoms with Crippen LogP contribution in [0.2, 0.25) is 0 Å². The van der Waals surface area contributed by atoms with Gasteiger partial charge in [0.1, 0.15) is 5.82 Å². The largest absolute Gasteiger partial charge is 0.419 e. The molecule has 0 spiro atoms. The van der Waals surface area contributed by atoms with Crippen molar-refractivity contribution in [1.29, 1.82) is 0 Å². The van der Waals surface area contributed by atoms with E-state index < -0.39 is 17.6 Å². The fraction of sp³-hybridized carbons (Fsp3) is 0.600. The first-order valence-electron chi connectivity index (χ1n) is 7.19. The quantitative estimate of drug-likeness (QED) is 0.841. The lowest BCUT2D eigenvalue weighted by molar-refractivity contribution is -0.139. The predicted molar refractivity (Wildman–Crippen MR) is 74.8 cm³/mol. The molecule has 1 aromatic rings. The SMILES string of the molecule is CN1CCCCC1CCNc1ccc(F)c(C(F)(F)F)c1. The van der Waals surface area contributed by atoms with E-state index in [1.54, 1.807) is 0 Å². The molecule has 0 bridgehead atoms. The van der Waals surface area contributed by atoms with Crippen LogP contribution in [-0.4, -0.2) is 31.1 Å². The van der Waals surface area contributed by atoms with Crippen LogP contribution in [0, 0.1) is 5.82 Å². The number of alkyl halides is 3. The van der Waals surface area contributed by atoms with E-state index in [2.05, 4.69) is 17.3 Å². The number of anilines is 1. The Morgan fingerprint density at radius 1 is 1.29 bits per heavy atom. The van der Waals surface area contributed by atoms with Gasteiger partial charge >= 0.3 is 6.18 Å². The summed E-state index contributed by atoms with van der Waals surface area (Å²) in [5, 5.41) is 2.96. The molecule has 1 unspecified atom stereocenters. The molecular formula is C15H20F4N2. The number of piperidine rings is 1. The Hall–Kier alpha value is -1.30. The summed E-state index contributed by atoms with van der Waals surface area (Å²) in [6.07, 6.45) is -0.271. The molecule has 1 N–H and O–H groups in total. The third-order valence-electron chi connectivity index (χ3n) is 4.00. The van der Waals surface area contributed by atoms with Gasteiger partial charge in [-0.25, -0.2) is 4.39 Å². The molecule has 6 heteroatoms. The first kappa shape index (κ1) is 16.1. The van der Waals surface area contributed by atoms with Gasteiger partial charge < -0.3 is 10.2 Å². The zero-order valence-corrected chi connectivity index (χ0v) is 12.0. The highest BCUT2D eigenvalue weighted by Crippen LogP contribution is 2.33. The fourth-order valence-electron chi connectivity index (χ4n) is 2.74. The van der Waals surface area contributed by atoms with Crippen molar-refractivity contribution in [3.8, 4) is 0 Å². The Morgan fingerprint density at radius 2 is 2.05 bits per heavy atom. The van der Waals surface area contributed by atoms with Gasteiger partial charge in [0.25, 0.3) is 0 Å². The van der Waals surface area contributed by atoms with Crippen LogP contribution in [0.15, 0.2) is 18.2 Å². The highest BCUT2D eigenvalue weighted by atomic mass is 19.4. The maximum Gasteiger partial charge on any atom is 0.419 e. The van der Waals surface area contributed by atoms with E-state index in [0.29, 0.717) is 18.3 Å². The molecule has 118 valence electrons. The zero-order chi connectivity index (χ0) is 15.5. The Labute approximate surface area is 122 Å². The van der Waals surface area contributed by atoms with Gasteiger partial charge in [-0.15, -0.1) is 0 Å². The lowest BCUT2D eigenvalue weighted by atomic mass is 10.0. The van der Waals surface area contributed by atoms with Crippen LogP contribution in [0.25, 0.3) is 0 Å². The summed E-state index contributed by atoms with van der Waals surface area (Å²) in [5.74, 6) is -1.24. The first-order valence-corrected chi connectivity index (χ1v) is 7.19. The van der Waals surface area contributed by atoms with Crippen molar-refractivity contribution in [2.24, 2.45) is 0 Å². The van der Waals surface area contributed by atoms with Crippen molar-refractivity contribution in [1.82, 2.24) is 4.90 Å². The van der Waals surface area contributed by atoms with Crippen LogP contribution in [-0.2, 0) is 6.18 Å². The molecule has 0 saturated carbocycles. The molecule has 1 atom stereocenters. The van der Waals surface area contributed by atoms with Crippen molar-refractivity contribution in [3.05, 3.63) is 29.6 Å². The highest BCUT2D eigenvalue weighted by Gasteiger charge is 2.34. The first-order chi connectivity index (χ1) is 9.88. The molecule has 1 aliphatic rings. The van der Waals surface area contributed by atoms with Crippen molar-refractivity contribution in [2.45, 2.75) is 37.9 Å². The van der Waals surface area contributed by atoms with Gasteiger partial charge in [0, 0.05) is 18.3 Å². The summed E-state index contributed by atoms with van der Waals surface area (Å²) in [7, 11) is 2.07. The molecular weight excluding hydrogens is 284 g/mol. The highest BCUT2D eigenvalue weighted by molar-refractivity contribution is 5.47. The lowest BCUT2D eigenvalue weighted by Crippen LogP contribution is -2.37. The summed E-state index contributed by atoms with van der Waals surface area (Å²) in [6.45, 7) is 1.65. The Kier molecular flexibility index (Phi) is 5.08. The van der Waals surface area contributed by atoms with E-state index in [4.69, 9.17) is 0 Å². The molecule has 2 rings (SSSR count). The van der Waals surface area contributed by atoms with Crippen LogP contribution in [0.4, 0.5) is 23.2 Å². The second-order valence-electron chi connectivity index (χ2n) is 5.54. The lowest BCUT2D eigenvalue weighted by Gasteiger charge is -2.32. The third-order valence-corrected chi connectivity index (χ3v) is 4.00. The zero-order valence-electron chi connectivity index (χ0n) is 12.0. The summed E-state index contributed by atoms with van der Waals surface area (Å²) in [4.78, 5) is 2.29. The van der Waals surface area contributed by atoms with Gasteiger partial charge in [-0.1, -0.05) is 6.42 Å². The Bertz CT molecular complexity index is 473. The molecule has 0 aromatic heterocycles. The maximum atomic E-state index is 13.2. The number of nitrogens with one attached hydrogen (secondary N) is 1. The van der Waals surface area contributed by atoms with E-state index in [0.717, 1.165) is 31.5 Å². The standard InChI is InChI=1S/C15H20F4N2/c1-21-9-3-2-4-12(21)7-8-20-11-5-6-14(16)13(10-11)15(17,18)19/h5-6,10,12,20H,2-4,7-9H2,1H3. The van der Waals surface area contributed by atoms with E-state index >= 15 is 0 Å². The third kappa shape index (κ3) is 4.33. The molecule has 0 amide bonds. The molecule has 1 aliphatic heterocycles. The number of benzene rings is 1. The average Bonchev–Trinajstić information content (AvgIpc) is 2.41. The van der Waals surface area contributed by atoms with Crippen LogP contribution in [0.3, 0.4) is 0 Å². The minimum atomic E-state index is -4.66. The monoisotopic (exact) mass is 304 g/mol. The number of hydrogen-bond acceptors (Lipinski definition) is 2. The fourth-order valence-corrected chi connectivity index (χ4v) is 2.74. The van der Waals surface area contributed by atoms with Crippen molar-refractivity contribution in [3.63, 3.8) is 0 Å². The van der Waals surface area contributed by atoms with E-state index in [1.165, 1.54) is 18.9 Å². The molecule has 2 nitrogen and oxygen atoms in total. The molecule has 1 fully saturated rings. The number of rotatable bonds is 4. The number of halogens is 4. The average molecular weight is 304 g/mol. The second kappa shape index (κ2) is 6.64. The summed E-state index contributed by atoms with van der Waals surface area (Å²) < 4.78 is 51.0. The second-order valence-corrected chi connectivity index (χ2v) is 5.54. The number of likely N-dealkylation sites (tertiary alicyclic amines) is 1. The van der Waals surface area contributed by atoms with Gasteiger partial charge in [0.15, 0.2) is 0 Å². The van der Waals surface area contributed by atoms with Crippen LogP contribution in [0.1, 0.15) is 31.2 Å². The molecule has 1 aromatic carbocycles. The number of hydrogen-bond donors (Lipinski definition) is 1. The maximum absolute atomic E-state index is 13.2. The Balaban J connectivity index is 1.91. The smallest absolute Gasteiger partial charge is 0.385 e. The van der Waals surface area contributed by atoms with Crippen molar-refractivity contribution < 1.29 is 17.6 Å². The number of nitrogens with zero attached hydrogens (tertiary/aromatic N) is 1. The molecule has 21 heavy (non-hydrogen) atoms. The van der Waals surface area contributed by atoms with Gasteiger partial charge in [0.05, 0.1) is 5.56 Å². The van der Waals surface area contributed by atoms with Gasteiger partial charge in [-0.2, -0.15) is 13.2 Å². The normalized spacial score (nSPS) is 20.5. The van der Waals surface area contributed by atoms with E-state index in [9.17, 15) is 17.6 Å². The molecule has 1 saturated heterocycles. The van der Waals surface area contributed by atoms with Crippen LogP contribution < -0.4 is 5.32 Å². The summed E-state index contributed by atoms with van der Waals surface area (Å²) >= 11 is 0. The minimum absolute atomic E-state index is 0.308. The van der Waals surface area contributed by atoms with Crippen LogP contribution >= 0.6 is 0 Å². The van der Waals surface area contributed by atoms with Crippen molar-refractivity contribution in [2.75, 3.05) is 25.5 Å². The van der Waals surface area contributed by atoms with E-state index in [1.807, 2.05) is 0 Å². The molecule has 0 radical (unpaired) electrons. The molecule has 1 heterocycles. The van der Waals surface area contributed by atoms with Crippen molar-refractivity contribution >= 4 is 5.69 Å². The Morgan fingerprint density at radius 3 is 2.71 bits per heavy atom. The van der Waals surface area contributed by atoms with Gasteiger partial charge in [0.2, 0.25) is 0 Å². The summed E-state index contributed by atoms with van der Waals surface area (Å²) in [5.41, 5.74) is -0.913.